The topological polar surface area (TPSA) is 84.5 Å². The molecular weight excluding hydrogens is 384 g/mol. The van der Waals surface area contributed by atoms with Gasteiger partial charge in [0.2, 0.25) is 0 Å². The Labute approximate surface area is 143 Å². The van der Waals surface area contributed by atoms with Gasteiger partial charge in [-0.3, -0.25) is 10.0 Å². The molecule has 2 N–H and O–H groups in total. The first kappa shape index (κ1) is 17.3. The molecule has 0 fully saturated rings. The van der Waals surface area contributed by atoms with Gasteiger partial charge < -0.3 is 4.74 Å². The number of hydrogen-bond acceptors (Lipinski definition) is 4. The molecular formula is C15H15BrN2O4S. The van der Waals surface area contributed by atoms with E-state index < -0.39 is 16.1 Å². The summed E-state index contributed by atoms with van der Waals surface area (Å²) >= 11 is 3.28. The molecule has 1 amide bonds. The fourth-order valence-electron chi connectivity index (χ4n) is 1.77. The maximum Gasteiger partial charge on any atom is 0.411 e. The van der Waals surface area contributed by atoms with Crippen LogP contribution in [0.5, 0.6) is 0 Å². The highest BCUT2D eigenvalue weighted by Gasteiger charge is 2.14. The summed E-state index contributed by atoms with van der Waals surface area (Å²) in [4.78, 5) is 11.4. The molecule has 0 unspecified atom stereocenters. The second kappa shape index (κ2) is 7.47. The Balaban J connectivity index is 2.12. The van der Waals surface area contributed by atoms with Crippen LogP contribution in [0.4, 0.5) is 16.2 Å². The third-order valence-corrected chi connectivity index (χ3v) is 4.65. The molecule has 0 bridgehead atoms. The number of rotatable bonds is 5. The van der Waals surface area contributed by atoms with E-state index in [1.54, 1.807) is 31.2 Å². The maximum absolute atomic E-state index is 12.3. The summed E-state index contributed by atoms with van der Waals surface area (Å²) in [5.41, 5.74) is 0.901. The molecule has 0 aliphatic rings. The van der Waals surface area contributed by atoms with Gasteiger partial charge in [0.1, 0.15) is 0 Å². The zero-order chi connectivity index (χ0) is 16.9. The molecule has 0 saturated heterocycles. The molecule has 2 rings (SSSR count). The Morgan fingerprint density at radius 1 is 1.13 bits per heavy atom. The first-order valence-electron chi connectivity index (χ1n) is 6.73. The maximum atomic E-state index is 12.3. The summed E-state index contributed by atoms with van der Waals surface area (Å²) in [7, 11) is -3.70. The predicted octanol–water partition coefficient (Wildman–Crippen LogP) is 3.82. The van der Waals surface area contributed by atoms with E-state index >= 15 is 0 Å². The average molecular weight is 399 g/mol. The number of benzene rings is 2. The van der Waals surface area contributed by atoms with E-state index in [9.17, 15) is 13.2 Å². The predicted molar refractivity (Wildman–Crippen MR) is 92.0 cm³/mol. The van der Waals surface area contributed by atoms with Gasteiger partial charge in [-0.25, -0.2) is 13.2 Å². The lowest BCUT2D eigenvalue weighted by molar-refractivity contribution is 0.168. The summed E-state index contributed by atoms with van der Waals surface area (Å²) < 4.78 is 32.6. The molecule has 23 heavy (non-hydrogen) atoms. The van der Waals surface area contributed by atoms with Gasteiger partial charge >= 0.3 is 6.09 Å². The minimum atomic E-state index is -3.70. The first-order valence-corrected chi connectivity index (χ1v) is 9.00. The smallest absolute Gasteiger partial charge is 0.411 e. The van der Waals surface area contributed by atoms with Crippen LogP contribution in [0.2, 0.25) is 0 Å². The molecule has 8 heteroatoms. The van der Waals surface area contributed by atoms with Gasteiger partial charge in [0, 0.05) is 15.8 Å². The summed E-state index contributed by atoms with van der Waals surface area (Å²) in [6.45, 7) is 1.96. The van der Waals surface area contributed by atoms with Crippen LogP contribution in [0, 0.1) is 0 Å². The summed E-state index contributed by atoms with van der Waals surface area (Å²) in [6, 6.07) is 12.6. The highest BCUT2D eigenvalue weighted by molar-refractivity contribution is 9.10. The van der Waals surface area contributed by atoms with E-state index in [1.165, 1.54) is 24.3 Å². The van der Waals surface area contributed by atoms with Crippen molar-refractivity contribution < 1.29 is 17.9 Å². The minimum Gasteiger partial charge on any atom is -0.450 e. The molecule has 2 aromatic rings. The molecule has 2 aromatic carbocycles. The van der Waals surface area contributed by atoms with Crippen molar-refractivity contribution in [3.05, 3.63) is 53.0 Å². The van der Waals surface area contributed by atoms with Gasteiger partial charge in [-0.1, -0.05) is 22.0 Å². The monoisotopic (exact) mass is 398 g/mol. The molecule has 0 aliphatic carbocycles. The molecule has 0 aromatic heterocycles. The number of amides is 1. The lowest BCUT2D eigenvalue weighted by Gasteiger charge is -2.09. The van der Waals surface area contributed by atoms with Crippen LogP contribution < -0.4 is 10.0 Å². The molecule has 122 valence electrons. The quantitative estimate of drug-likeness (QED) is 0.801. The van der Waals surface area contributed by atoms with Crippen LogP contribution in [0.1, 0.15) is 6.92 Å². The minimum absolute atomic E-state index is 0.0897. The highest BCUT2D eigenvalue weighted by Crippen LogP contribution is 2.21. The molecule has 0 spiro atoms. The molecule has 0 radical (unpaired) electrons. The molecule has 0 aliphatic heterocycles. The number of carbonyl (C=O) groups is 1. The van der Waals surface area contributed by atoms with Crippen LogP contribution >= 0.6 is 15.9 Å². The van der Waals surface area contributed by atoms with Crippen molar-refractivity contribution >= 4 is 43.4 Å². The normalized spacial score (nSPS) is 10.9. The number of sulfonamides is 1. The SMILES string of the molecule is CCOC(=O)Nc1ccc(S(=O)(=O)Nc2cccc(Br)c2)cc1. The van der Waals surface area contributed by atoms with Crippen LogP contribution in [0.3, 0.4) is 0 Å². The summed E-state index contributed by atoms with van der Waals surface area (Å²) in [5, 5.41) is 2.50. The summed E-state index contributed by atoms with van der Waals surface area (Å²) in [6.07, 6.45) is -0.588. The van der Waals surface area contributed by atoms with Crippen LogP contribution in [0.15, 0.2) is 57.9 Å². The number of ether oxygens (including phenoxy) is 1. The van der Waals surface area contributed by atoms with Crippen LogP contribution in [0.25, 0.3) is 0 Å². The van der Waals surface area contributed by atoms with Crippen molar-refractivity contribution in [1.29, 1.82) is 0 Å². The number of nitrogens with one attached hydrogen (secondary N) is 2. The lowest BCUT2D eigenvalue weighted by Crippen LogP contribution is -2.14. The Kier molecular flexibility index (Phi) is 5.62. The van der Waals surface area contributed by atoms with Crippen molar-refractivity contribution in [2.75, 3.05) is 16.6 Å². The highest BCUT2D eigenvalue weighted by atomic mass is 79.9. The van der Waals surface area contributed by atoms with E-state index in [-0.39, 0.29) is 11.5 Å². The molecule has 0 saturated carbocycles. The van der Waals surface area contributed by atoms with E-state index in [2.05, 4.69) is 26.0 Å². The Hall–Kier alpha value is -2.06. The Morgan fingerprint density at radius 3 is 2.43 bits per heavy atom. The van der Waals surface area contributed by atoms with Gasteiger partial charge in [0.05, 0.1) is 11.5 Å². The molecule has 6 nitrogen and oxygen atoms in total. The second-order valence-corrected chi connectivity index (χ2v) is 7.08. The number of carbonyl (C=O) groups excluding carboxylic acids is 1. The van der Waals surface area contributed by atoms with E-state index in [1.807, 2.05) is 0 Å². The van der Waals surface area contributed by atoms with Crippen molar-refractivity contribution in [1.82, 2.24) is 0 Å². The Morgan fingerprint density at radius 2 is 1.83 bits per heavy atom. The van der Waals surface area contributed by atoms with Gasteiger partial charge in [0.25, 0.3) is 10.0 Å². The van der Waals surface area contributed by atoms with Gasteiger partial charge in [-0.2, -0.15) is 0 Å². The number of hydrogen-bond donors (Lipinski definition) is 2. The van der Waals surface area contributed by atoms with E-state index in [4.69, 9.17) is 4.74 Å². The van der Waals surface area contributed by atoms with Crippen molar-refractivity contribution in [2.24, 2.45) is 0 Å². The number of anilines is 2. The summed E-state index contributed by atoms with van der Waals surface area (Å²) in [5.74, 6) is 0. The third kappa shape index (κ3) is 4.97. The van der Waals surface area contributed by atoms with E-state index in [0.29, 0.717) is 11.4 Å². The fraction of sp³-hybridized carbons (Fsp3) is 0.133. The standard InChI is InChI=1S/C15H15BrN2O4S/c1-2-22-15(19)17-12-6-8-14(9-7-12)23(20,21)18-13-5-3-4-11(16)10-13/h3-10,18H,2H2,1H3,(H,17,19). The van der Waals surface area contributed by atoms with Gasteiger partial charge in [-0.05, 0) is 49.4 Å². The van der Waals surface area contributed by atoms with Crippen molar-refractivity contribution in [2.45, 2.75) is 11.8 Å². The Bertz CT molecular complexity index is 791. The van der Waals surface area contributed by atoms with Crippen molar-refractivity contribution in [3.63, 3.8) is 0 Å². The fourth-order valence-corrected chi connectivity index (χ4v) is 3.22. The zero-order valence-corrected chi connectivity index (χ0v) is 14.6. The second-order valence-electron chi connectivity index (χ2n) is 4.49. The lowest BCUT2D eigenvalue weighted by atomic mass is 10.3. The van der Waals surface area contributed by atoms with Gasteiger partial charge in [0.15, 0.2) is 0 Å². The average Bonchev–Trinajstić information content (AvgIpc) is 2.47. The van der Waals surface area contributed by atoms with Crippen LogP contribution in [-0.2, 0) is 14.8 Å². The van der Waals surface area contributed by atoms with Gasteiger partial charge in [-0.15, -0.1) is 0 Å². The van der Waals surface area contributed by atoms with E-state index in [0.717, 1.165) is 4.47 Å². The van der Waals surface area contributed by atoms with Crippen molar-refractivity contribution in [3.8, 4) is 0 Å². The third-order valence-electron chi connectivity index (χ3n) is 2.76. The zero-order valence-electron chi connectivity index (χ0n) is 12.2. The molecule has 0 heterocycles. The first-order chi connectivity index (χ1) is 10.9. The number of halogens is 1. The van der Waals surface area contributed by atoms with Crippen LogP contribution in [-0.4, -0.2) is 21.1 Å². The largest absolute Gasteiger partial charge is 0.450 e. The molecule has 0 atom stereocenters.